The first-order chi connectivity index (χ1) is 8.54. The van der Waals surface area contributed by atoms with Crippen molar-refractivity contribution in [2.75, 3.05) is 13.7 Å². The molecule has 0 amide bonds. The van der Waals surface area contributed by atoms with E-state index in [-0.39, 0.29) is 11.9 Å². The summed E-state index contributed by atoms with van der Waals surface area (Å²) in [6.45, 7) is 5.09. The fourth-order valence-electron chi connectivity index (χ4n) is 1.75. The Hall–Kier alpha value is -1.33. The molecule has 18 heavy (non-hydrogen) atoms. The van der Waals surface area contributed by atoms with Crippen molar-refractivity contribution in [1.29, 1.82) is 0 Å². The monoisotopic (exact) mass is 255 g/mol. The number of methoxy groups -OCH3 is 1. The average molecular weight is 255 g/mol. The van der Waals surface area contributed by atoms with E-state index in [1.165, 1.54) is 13.4 Å². The summed E-state index contributed by atoms with van der Waals surface area (Å²) in [4.78, 5) is 11.3. The number of hydrogen-bond acceptors (Lipinski definition) is 5. The maximum absolute atomic E-state index is 11.3. The largest absolute Gasteiger partial charge is 0.463 e. The number of ether oxygens (including phenoxy) is 1. The van der Waals surface area contributed by atoms with Crippen LogP contribution in [0.2, 0.25) is 0 Å². The summed E-state index contributed by atoms with van der Waals surface area (Å²) in [6, 6.07) is 1.72. The standard InChI is InChI=1S/C13H21NO4/c1-9(2)6-11(15)8-14-7-10-4-5-18-12(10)13(16)17-3/h4-5,9,11,14-15H,6-8H2,1-3H3. The second-order valence-electron chi connectivity index (χ2n) is 4.68. The summed E-state index contributed by atoms with van der Waals surface area (Å²) in [6.07, 6.45) is 1.83. The molecule has 1 aromatic heterocycles. The van der Waals surface area contributed by atoms with E-state index >= 15 is 0 Å². The highest BCUT2D eigenvalue weighted by Gasteiger charge is 2.15. The number of carbonyl (C=O) groups excluding carboxylic acids is 1. The van der Waals surface area contributed by atoms with Crippen molar-refractivity contribution >= 4 is 5.97 Å². The predicted octanol–water partition coefficient (Wildman–Crippen LogP) is 1.56. The average Bonchev–Trinajstić information content (AvgIpc) is 2.75. The van der Waals surface area contributed by atoms with E-state index in [9.17, 15) is 9.90 Å². The Morgan fingerprint density at radius 1 is 1.56 bits per heavy atom. The fourth-order valence-corrected chi connectivity index (χ4v) is 1.75. The Kier molecular flexibility index (Phi) is 5.88. The molecule has 0 bridgehead atoms. The Morgan fingerprint density at radius 2 is 2.28 bits per heavy atom. The van der Waals surface area contributed by atoms with E-state index in [1.807, 2.05) is 0 Å². The second kappa shape index (κ2) is 7.18. The number of aliphatic hydroxyl groups excluding tert-OH is 1. The minimum absolute atomic E-state index is 0.211. The van der Waals surface area contributed by atoms with Crippen LogP contribution in [0.1, 0.15) is 36.4 Å². The maximum atomic E-state index is 11.3. The molecule has 0 aliphatic heterocycles. The number of esters is 1. The van der Waals surface area contributed by atoms with E-state index in [4.69, 9.17) is 4.42 Å². The van der Waals surface area contributed by atoms with Crippen molar-refractivity contribution in [2.24, 2.45) is 5.92 Å². The molecule has 102 valence electrons. The molecule has 1 heterocycles. The van der Waals surface area contributed by atoms with E-state index < -0.39 is 5.97 Å². The normalized spacial score (nSPS) is 12.7. The van der Waals surface area contributed by atoms with Gasteiger partial charge in [0.05, 0.1) is 19.5 Å². The fraction of sp³-hybridized carbons (Fsp3) is 0.615. The molecular formula is C13H21NO4. The summed E-state index contributed by atoms with van der Waals surface area (Å²) in [5.41, 5.74) is 0.735. The van der Waals surface area contributed by atoms with Crippen LogP contribution < -0.4 is 5.32 Å². The van der Waals surface area contributed by atoms with Crippen molar-refractivity contribution in [3.63, 3.8) is 0 Å². The molecule has 1 unspecified atom stereocenters. The first kappa shape index (κ1) is 14.7. The van der Waals surface area contributed by atoms with Crippen molar-refractivity contribution in [2.45, 2.75) is 32.9 Å². The quantitative estimate of drug-likeness (QED) is 0.723. The number of furan rings is 1. The molecule has 0 fully saturated rings. The van der Waals surface area contributed by atoms with Gasteiger partial charge in [-0.3, -0.25) is 0 Å². The molecule has 1 rings (SSSR count). The number of rotatable bonds is 7. The minimum atomic E-state index is -0.487. The van der Waals surface area contributed by atoms with Gasteiger partial charge in [0.1, 0.15) is 0 Å². The lowest BCUT2D eigenvalue weighted by molar-refractivity contribution is 0.0563. The lowest BCUT2D eigenvalue weighted by Gasteiger charge is -2.13. The number of aliphatic hydroxyl groups is 1. The Bertz CT molecular complexity index is 373. The van der Waals surface area contributed by atoms with Crippen molar-refractivity contribution in [3.8, 4) is 0 Å². The minimum Gasteiger partial charge on any atom is -0.463 e. The van der Waals surface area contributed by atoms with Crippen LogP contribution in [0.4, 0.5) is 0 Å². The van der Waals surface area contributed by atoms with Crippen LogP contribution >= 0.6 is 0 Å². The van der Waals surface area contributed by atoms with Crippen molar-refractivity contribution in [1.82, 2.24) is 5.32 Å². The van der Waals surface area contributed by atoms with Crippen LogP contribution in [0.5, 0.6) is 0 Å². The first-order valence-electron chi connectivity index (χ1n) is 6.08. The molecule has 5 nitrogen and oxygen atoms in total. The molecule has 0 aliphatic rings. The molecule has 0 aliphatic carbocycles. The molecular weight excluding hydrogens is 234 g/mol. The Labute approximate surface area is 107 Å². The van der Waals surface area contributed by atoms with Gasteiger partial charge in [-0.25, -0.2) is 4.79 Å². The molecule has 1 atom stereocenters. The second-order valence-corrected chi connectivity index (χ2v) is 4.68. The summed E-state index contributed by atoms with van der Waals surface area (Å²) in [5, 5.41) is 12.8. The highest BCUT2D eigenvalue weighted by atomic mass is 16.5. The van der Waals surface area contributed by atoms with Crippen LogP contribution in [0, 0.1) is 5.92 Å². The molecule has 2 N–H and O–H groups in total. The highest BCUT2D eigenvalue weighted by Crippen LogP contribution is 2.11. The number of hydrogen-bond donors (Lipinski definition) is 2. The maximum Gasteiger partial charge on any atom is 0.374 e. The lowest BCUT2D eigenvalue weighted by Crippen LogP contribution is -2.27. The number of carbonyl (C=O) groups is 1. The van der Waals surface area contributed by atoms with Gasteiger partial charge in [-0.1, -0.05) is 13.8 Å². The third kappa shape index (κ3) is 4.50. The van der Waals surface area contributed by atoms with Gasteiger partial charge in [0, 0.05) is 18.7 Å². The smallest absolute Gasteiger partial charge is 0.374 e. The molecule has 0 radical (unpaired) electrons. The van der Waals surface area contributed by atoms with Gasteiger partial charge in [-0.05, 0) is 18.4 Å². The van der Waals surface area contributed by atoms with E-state index in [0.29, 0.717) is 19.0 Å². The van der Waals surface area contributed by atoms with Gasteiger partial charge in [-0.2, -0.15) is 0 Å². The van der Waals surface area contributed by atoms with E-state index in [1.54, 1.807) is 6.07 Å². The molecule has 1 aromatic rings. The Morgan fingerprint density at radius 3 is 2.89 bits per heavy atom. The SMILES string of the molecule is COC(=O)c1occc1CNCC(O)CC(C)C. The van der Waals surface area contributed by atoms with Crippen LogP contribution in [0.3, 0.4) is 0 Å². The lowest BCUT2D eigenvalue weighted by atomic mass is 10.1. The van der Waals surface area contributed by atoms with Crippen LogP contribution in [-0.4, -0.2) is 30.8 Å². The first-order valence-corrected chi connectivity index (χ1v) is 6.08. The van der Waals surface area contributed by atoms with Gasteiger partial charge < -0.3 is 19.6 Å². The molecule has 0 spiro atoms. The zero-order valence-electron chi connectivity index (χ0n) is 11.1. The summed E-state index contributed by atoms with van der Waals surface area (Å²) < 4.78 is 9.67. The number of nitrogens with one attached hydrogen (secondary N) is 1. The van der Waals surface area contributed by atoms with Gasteiger partial charge >= 0.3 is 5.97 Å². The van der Waals surface area contributed by atoms with Gasteiger partial charge in [-0.15, -0.1) is 0 Å². The topological polar surface area (TPSA) is 71.7 Å². The van der Waals surface area contributed by atoms with Gasteiger partial charge in [0.15, 0.2) is 0 Å². The molecule has 5 heteroatoms. The van der Waals surface area contributed by atoms with E-state index in [0.717, 1.165) is 12.0 Å². The van der Waals surface area contributed by atoms with Crippen LogP contribution in [0.25, 0.3) is 0 Å². The van der Waals surface area contributed by atoms with Gasteiger partial charge in [0.2, 0.25) is 5.76 Å². The highest BCUT2D eigenvalue weighted by molar-refractivity contribution is 5.87. The zero-order valence-corrected chi connectivity index (χ0v) is 11.1. The van der Waals surface area contributed by atoms with Crippen LogP contribution in [0.15, 0.2) is 16.7 Å². The van der Waals surface area contributed by atoms with E-state index in [2.05, 4.69) is 23.9 Å². The third-order valence-electron chi connectivity index (χ3n) is 2.56. The molecule has 0 saturated heterocycles. The van der Waals surface area contributed by atoms with Crippen molar-refractivity contribution < 1.29 is 19.1 Å². The predicted molar refractivity (Wildman–Crippen MR) is 67.2 cm³/mol. The van der Waals surface area contributed by atoms with Crippen LogP contribution in [-0.2, 0) is 11.3 Å². The van der Waals surface area contributed by atoms with Gasteiger partial charge in [0.25, 0.3) is 0 Å². The third-order valence-corrected chi connectivity index (χ3v) is 2.56. The Balaban J connectivity index is 2.40. The summed E-state index contributed by atoms with van der Waals surface area (Å²) >= 11 is 0. The zero-order chi connectivity index (χ0) is 13.5. The summed E-state index contributed by atoms with van der Waals surface area (Å²) in [7, 11) is 1.31. The summed E-state index contributed by atoms with van der Waals surface area (Å²) in [5.74, 6) is 0.184. The molecule has 0 saturated carbocycles. The molecule has 0 aromatic carbocycles. The van der Waals surface area contributed by atoms with Crippen molar-refractivity contribution in [3.05, 3.63) is 23.7 Å².